The smallest absolute Gasteiger partial charge is 0.313 e. The summed E-state index contributed by atoms with van der Waals surface area (Å²) in [5, 5.41) is 2.92. The average molecular weight is 291 g/mol. The number of hydrogen-bond acceptors (Lipinski definition) is 1. The van der Waals surface area contributed by atoms with Crippen molar-refractivity contribution in [2.45, 2.75) is 45.3 Å². The molecule has 2 unspecified atom stereocenters. The number of rotatable bonds is 6. The number of hydrogen-bond donors (Lipinski definition) is 1. The Hall–Kier alpha value is -1.10. The summed E-state index contributed by atoms with van der Waals surface area (Å²) in [6, 6.07) is 2.18. The second-order valence-corrected chi connectivity index (χ2v) is 5.20. The van der Waals surface area contributed by atoms with Gasteiger partial charge in [-0.1, -0.05) is 26.7 Å². The lowest BCUT2D eigenvalue weighted by Gasteiger charge is -2.22. The Morgan fingerprint density at radius 3 is 2.40 bits per heavy atom. The molecule has 2 atom stereocenters. The molecule has 0 radical (unpaired) electrons. The molecule has 0 aliphatic heterocycles. The van der Waals surface area contributed by atoms with Crippen molar-refractivity contribution in [3.63, 3.8) is 0 Å². The SMILES string of the molecule is CCCC(C)CC(NC)c1cc(C(F)(F)F)ccc1F. The topological polar surface area (TPSA) is 12.0 Å². The van der Waals surface area contributed by atoms with Gasteiger partial charge < -0.3 is 5.32 Å². The van der Waals surface area contributed by atoms with Crippen molar-refractivity contribution in [2.24, 2.45) is 5.92 Å². The van der Waals surface area contributed by atoms with Crippen LogP contribution in [0.3, 0.4) is 0 Å². The molecule has 1 rings (SSSR count). The minimum Gasteiger partial charge on any atom is -0.313 e. The molecule has 20 heavy (non-hydrogen) atoms. The molecule has 1 nitrogen and oxygen atoms in total. The molecule has 0 bridgehead atoms. The lowest BCUT2D eigenvalue weighted by atomic mass is 9.92. The third-order valence-corrected chi connectivity index (χ3v) is 3.47. The van der Waals surface area contributed by atoms with Gasteiger partial charge in [-0.2, -0.15) is 13.2 Å². The van der Waals surface area contributed by atoms with Crippen LogP contribution in [0, 0.1) is 11.7 Å². The molecule has 1 N–H and O–H groups in total. The largest absolute Gasteiger partial charge is 0.416 e. The van der Waals surface area contributed by atoms with Crippen LogP contribution >= 0.6 is 0 Å². The van der Waals surface area contributed by atoms with E-state index in [9.17, 15) is 17.6 Å². The predicted octanol–water partition coefficient (Wildman–Crippen LogP) is 4.93. The van der Waals surface area contributed by atoms with Crippen LogP contribution in [0.4, 0.5) is 17.6 Å². The maximum Gasteiger partial charge on any atom is 0.416 e. The van der Waals surface area contributed by atoms with E-state index in [4.69, 9.17) is 0 Å². The zero-order chi connectivity index (χ0) is 15.3. The third-order valence-electron chi connectivity index (χ3n) is 3.47. The maximum absolute atomic E-state index is 13.8. The molecule has 1 aromatic carbocycles. The van der Waals surface area contributed by atoms with Gasteiger partial charge in [-0.25, -0.2) is 4.39 Å². The highest BCUT2D eigenvalue weighted by molar-refractivity contribution is 5.29. The third kappa shape index (κ3) is 4.47. The highest BCUT2D eigenvalue weighted by atomic mass is 19.4. The summed E-state index contributed by atoms with van der Waals surface area (Å²) in [7, 11) is 1.64. The molecule has 0 aliphatic carbocycles. The lowest BCUT2D eigenvalue weighted by Crippen LogP contribution is -2.21. The van der Waals surface area contributed by atoms with E-state index >= 15 is 0 Å². The molecular weight excluding hydrogens is 270 g/mol. The van der Waals surface area contributed by atoms with Crippen molar-refractivity contribution >= 4 is 0 Å². The fourth-order valence-electron chi connectivity index (χ4n) is 2.40. The Labute approximate surface area is 117 Å². The number of halogens is 4. The van der Waals surface area contributed by atoms with Crippen molar-refractivity contribution in [2.75, 3.05) is 7.05 Å². The van der Waals surface area contributed by atoms with Crippen molar-refractivity contribution in [3.8, 4) is 0 Å². The summed E-state index contributed by atoms with van der Waals surface area (Å²) in [5.74, 6) is -0.271. The van der Waals surface area contributed by atoms with E-state index < -0.39 is 23.6 Å². The van der Waals surface area contributed by atoms with Crippen LogP contribution in [0.25, 0.3) is 0 Å². The minimum absolute atomic E-state index is 0.0882. The van der Waals surface area contributed by atoms with E-state index in [0.29, 0.717) is 12.3 Å². The van der Waals surface area contributed by atoms with E-state index in [0.717, 1.165) is 31.0 Å². The molecule has 0 aliphatic rings. The quantitative estimate of drug-likeness (QED) is 0.733. The first-order valence-electron chi connectivity index (χ1n) is 6.83. The van der Waals surface area contributed by atoms with Gasteiger partial charge in [-0.3, -0.25) is 0 Å². The second-order valence-electron chi connectivity index (χ2n) is 5.20. The van der Waals surface area contributed by atoms with Gasteiger partial charge in [0.25, 0.3) is 0 Å². The normalized spacial score (nSPS) is 15.2. The van der Waals surface area contributed by atoms with Crippen LogP contribution in [0.15, 0.2) is 18.2 Å². The van der Waals surface area contributed by atoms with Crippen LogP contribution in [0.5, 0.6) is 0 Å². The van der Waals surface area contributed by atoms with Crippen molar-refractivity contribution in [3.05, 3.63) is 35.1 Å². The van der Waals surface area contributed by atoms with Gasteiger partial charge in [0.2, 0.25) is 0 Å². The van der Waals surface area contributed by atoms with E-state index in [1.165, 1.54) is 0 Å². The highest BCUT2D eigenvalue weighted by Gasteiger charge is 2.32. The summed E-state index contributed by atoms with van der Waals surface area (Å²) < 4.78 is 51.9. The van der Waals surface area contributed by atoms with Gasteiger partial charge in [0.15, 0.2) is 0 Å². The number of nitrogens with one attached hydrogen (secondary N) is 1. The Kier molecular flexibility index (Phi) is 5.99. The van der Waals surface area contributed by atoms with Gasteiger partial charge in [-0.05, 0) is 37.6 Å². The highest BCUT2D eigenvalue weighted by Crippen LogP contribution is 2.33. The summed E-state index contributed by atoms with van der Waals surface area (Å²) in [4.78, 5) is 0. The standard InChI is InChI=1S/C15H21F4N/c1-4-5-10(2)8-14(20-3)12-9-11(15(17,18)19)6-7-13(12)16/h6-7,9-10,14,20H,4-5,8H2,1-3H3. The molecule has 0 saturated heterocycles. The molecule has 0 heterocycles. The summed E-state index contributed by atoms with van der Waals surface area (Å²) in [6.07, 6.45) is -1.86. The maximum atomic E-state index is 13.8. The zero-order valence-electron chi connectivity index (χ0n) is 12.0. The molecule has 114 valence electrons. The minimum atomic E-state index is -4.45. The first-order chi connectivity index (χ1) is 9.29. The Balaban J connectivity index is 3.02. The van der Waals surface area contributed by atoms with Crippen molar-refractivity contribution in [1.82, 2.24) is 5.32 Å². The first-order valence-corrected chi connectivity index (χ1v) is 6.83. The van der Waals surface area contributed by atoms with E-state index in [1.807, 2.05) is 6.92 Å². The molecule has 0 aromatic heterocycles. The molecule has 1 aromatic rings. The van der Waals surface area contributed by atoms with E-state index in [1.54, 1.807) is 7.05 Å². The molecule has 5 heteroatoms. The van der Waals surface area contributed by atoms with Crippen molar-refractivity contribution < 1.29 is 17.6 Å². The molecule has 0 spiro atoms. The van der Waals surface area contributed by atoms with Crippen LogP contribution in [-0.4, -0.2) is 7.05 Å². The van der Waals surface area contributed by atoms with Crippen molar-refractivity contribution in [1.29, 1.82) is 0 Å². The Morgan fingerprint density at radius 1 is 1.25 bits per heavy atom. The number of benzene rings is 1. The summed E-state index contributed by atoms with van der Waals surface area (Å²) in [6.45, 7) is 4.08. The monoisotopic (exact) mass is 291 g/mol. The zero-order valence-corrected chi connectivity index (χ0v) is 12.0. The molecule has 0 amide bonds. The van der Waals surface area contributed by atoms with Crippen LogP contribution in [0.2, 0.25) is 0 Å². The van der Waals surface area contributed by atoms with E-state index in [-0.39, 0.29) is 5.56 Å². The van der Waals surface area contributed by atoms with Gasteiger partial charge in [0.1, 0.15) is 5.82 Å². The van der Waals surface area contributed by atoms with Gasteiger partial charge in [0.05, 0.1) is 5.56 Å². The first kappa shape index (κ1) is 17.0. The number of alkyl halides is 3. The van der Waals surface area contributed by atoms with Crippen LogP contribution < -0.4 is 5.32 Å². The van der Waals surface area contributed by atoms with Crippen LogP contribution in [0.1, 0.15) is 50.3 Å². The average Bonchev–Trinajstić information content (AvgIpc) is 2.35. The second kappa shape index (κ2) is 7.07. The van der Waals surface area contributed by atoms with Gasteiger partial charge in [-0.15, -0.1) is 0 Å². The fourth-order valence-corrected chi connectivity index (χ4v) is 2.40. The van der Waals surface area contributed by atoms with Gasteiger partial charge in [0, 0.05) is 11.6 Å². The molecule has 0 fully saturated rings. The fraction of sp³-hybridized carbons (Fsp3) is 0.600. The van der Waals surface area contributed by atoms with Gasteiger partial charge >= 0.3 is 6.18 Å². The summed E-state index contributed by atoms with van der Waals surface area (Å²) >= 11 is 0. The molecule has 0 saturated carbocycles. The Morgan fingerprint density at radius 2 is 1.90 bits per heavy atom. The van der Waals surface area contributed by atoms with E-state index in [2.05, 4.69) is 12.2 Å². The molecular formula is C15H21F4N. The predicted molar refractivity (Wildman–Crippen MR) is 71.9 cm³/mol. The summed E-state index contributed by atoms with van der Waals surface area (Å²) in [5.41, 5.74) is -0.720. The van der Waals surface area contributed by atoms with Crippen LogP contribution in [-0.2, 0) is 6.18 Å². The lowest BCUT2D eigenvalue weighted by molar-refractivity contribution is -0.137. The Bertz CT molecular complexity index is 428.